The van der Waals surface area contributed by atoms with Gasteiger partial charge in [0.15, 0.2) is 0 Å². The van der Waals surface area contributed by atoms with E-state index in [9.17, 15) is 9.59 Å². The Morgan fingerprint density at radius 2 is 2.15 bits per heavy atom. The maximum absolute atomic E-state index is 13.0. The van der Waals surface area contributed by atoms with Gasteiger partial charge in [-0.2, -0.15) is 5.26 Å². The number of hydrogen-bond donors (Lipinski definition) is 1. The number of carbonyl (C=O) groups excluding carboxylic acids is 2. The molecule has 0 bridgehead atoms. The van der Waals surface area contributed by atoms with Crippen molar-refractivity contribution < 1.29 is 9.59 Å². The summed E-state index contributed by atoms with van der Waals surface area (Å²) < 4.78 is 0. The minimum absolute atomic E-state index is 0.107. The number of carbonyl (C=O) groups is 2. The van der Waals surface area contributed by atoms with Crippen LogP contribution in [0.25, 0.3) is 0 Å². The molecule has 132 valence electrons. The number of amides is 2. The van der Waals surface area contributed by atoms with E-state index in [1.54, 1.807) is 41.2 Å². The number of benzene rings is 1. The molecule has 26 heavy (non-hydrogen) atoms. The Labute approximate surface area is 151 Å². The van der Waals surface area contributed by atoms with Crippen molar-refractivity contribution in [3.63, 3.8) is 0 Å². The third kappa shape index (κ3) is 3.49. The van der Waals surface area contributed by atoms with E-state index < -0.39 is 0 Å². The highest BCUT2D eigenvalue weighted by Gasteiger charge is 2.29. The summed E-state index contributed by atoms with van der Waals surface area (Å²) in [5.74, 6) is -0.224. The van der Waals surface area contributed by atoms with E-state index in [-0.39, 0.29) is 30.8 Å². The molecule has 7 nitrogen and oxygen atoms in total. The lowest BCUT2D eigenvalue weighted by Gasteiger charge is -2.30. The lowest BCUT2D eigenvalue weighted by atomic mass is 10.1. The number of nitrogens with zero attached hydrogens (tertiary/aromatic N) is 4. The van der Waals surface area contributed by atoms with Gasteiger partial charge in [0, 0.05) is 19.5 Å². The summed E-state index contributed by atoms with van der Waals surface area (Å²) in [6.07, 6.45) is 1.80. The van der Waals surface area contributed by atoms with Crippen molar-refractivity contribution in [1.82, 2.24) is 4.98 Å². The smallest absolute Gasteiger partial charge is 0.246 e. The Balaban J connectivity index is 1.83. The molecule has 0 saturated heterocycles. The van der Waals surface area contributed by atoms with Crippen molar-refractivity contribution in [2.75, 3.05) is 28.7 Å². The second-order valence-corrected chi connectivity index (χ2v) is 6.25. The Bertz CT molecular complexity index is 872. The fraction of sp³-hybridized carbons (Fsp3) is 0.263. The van der Waals surface area contributed by atoms with Crippen molar-refractivity contribution in [3.8, 4) is 6.07 Å². The number of nitrogens with one attached hydrogen (secondary N) is 1. The zero-order valence-electron chi connectivity index (χ0n) is 14.6. The van der Waals surface area contributed by atoms with Gasteiger partial charge in [0.25, 0.3) is 0 Å². The molecular weight excluding hydrogens is 330 g/mol. The quantitative estimate of drug-likeness (QED) is 0.917. The third-order valence-electron chi connectivity index (χ3n) is 4.30. The van der Waals surface area contributed by atoms with Crippen LogP contribution < -0.4 is 15.1 Å². The number of nitriles is 1. The summed E-state index contributed by atoms with van der Waals surface area (Å²) in [6, 6.07) is 12.4. The van der Waals surface area contributed by atoms with Crippen molar-refractivity contribution in [3.05, 3.63) is 48.3 Å². The molecule has 0 aliphatic carbocycles. The zero-order valence-corrected chi connectivity index (χ0v) is 14.6. The van der Waals surface area contributed by atoms with Crippen LogP contribution in [0, 0.1) is 11.3 Å². The van der Waals surface area contributed by atoms with Gasteiger partial charge >= 0.3 is 0 Å². The largest absolute Gasteiger partial charge is 0.364 e. The molecule has 2 aromatic rings. The fourth-order valence-electron chi connectivity index (χ4n) is 3.02. The van der Waals surface area contributed by atoms with Crippen LogP contribution in [-0.4, -0.2) is 36.4 Å². The normalized spacial score (nSPS) is 16.1. The average molecular weight is 349 g/mol. The minimum atomic E-state index is -0.251. The number of pyridine rings is 1. The first-order valence-electron chi connectivity index (χ1n) is 8.28. The summed E-state index contributed by atoms with van der Waals surface area (Å²) in [6.45, 7) is 1.99. The Hall–Kier alpha value is -3.40. The molecule has 1 unspecified atom stereocenters. The van der Waals surface area contributed by atoms with Gasteiger partial charge in [0.1, 0.15) is 11.8 Å². The highest BCUT2D eigenvalue weighted by atomic mass is 16.2. The minimum Gasteiger partial charge on any atom is -0.364 e. The van der Waals surface area contributed by atoms with Gasteiger partial charge in [-0.15, -0.1) is 0 Å². The van der Waals surface area contributed by atoms with Crippen molar-refractivity contribution in [2.45, 2.75) is 19.4 Å². The van der Waals surface area contributed by atoms with Crippen LogP contribution in [0.15, 0.2) is 42.6 Å². The second-order valence-electron chi connectivity index (χ2n) is 6.25. The topological polar surface area (TPSA) is 89.3 Å². The lowest BCUT2D eigenvalue weighted by molar-refractivity contribution is -0.118. The van der Waals surface area contributed by atoms with Crippen LogP contribution in [0.2, 0.25) is 0 Å². The zero-order chi connectivity index (χ0) is 18.7. The summed E-state index contributed by atoms with van der Waals surface area (Å²) in [5.41, 5.74) is 2.40. The van der Waals surface area contributed by atoms with Crippen LogP contribution in [0.4, 0.5) is 17.1 Å². The van der Waals surface area contributed by atoms with Crippen molar-refractivity contribution >= 4 is 28.9 Å². The second kappa shape index (κ2) is 7.23. The molecule has 2 heterocycles. The molecule has 0 radical (unpaired) electrons. The van der Waals surface area contributed by atoms with E-state index in [0.29, 0.717) is 17.1 Å². The first kappa shape index (κ1) is 17.4. The van der Waals surface area contributed by atoms with E-state index >= 15 is 0 Å². The van der Waals surface area contributed by atoms with E-state index in [0.717, 1.165) is 5.69 Å². The molecular formula is C19H19N5O2. The van der Waals surface area contributed by atoms with Gasteiger partial charge in [-0.05, 0) is 31.2 Å². The highest BCUT2D eigenvalue weighted by molar-refractivity contribution is 6.05. The molecule has 1 aliphatic rings. The van der Waals surface area contributed by atoms with Gasteiger partial charge in [0.2, 0.25) is 11.8 Å². The molecule has 2 amide bonds. The lowest BCUT2D eigenvalue weighted by Crippen LogP contribution is -2.44. The Morgan fingerprint density at radius 3 is 2.85 bits per heavy atom. The maximum atomic E-state index is 13.0. The number of likely N-dealkylation sites (N-methyl/N-ethyl adjacent to an activating group) is 1. The summed E-state index contributed by atoms with van der Waals surface area (Å²) in [5, 5.41) is 11.7. The molecule has 0 spiro atoms. The number of aromatic nitrogens is 1. The molecule has 1 atom stereocenters. The van der Waals surface area contributed by atoms with E-state index in [4.69, 9.17) is 5.26 Å². The maximum Gasteiger partial charge on any atom is 0.246 e. The third-order valence-corrected chi connectivity index (χ3v) is 4.30. The first-order valence-corrected chi connectivity index (χ1v) is 8.28. The molecule has 1 N–H and O–H groups in total. The van der Waals surface area contributed by atoms with Gasteiger partial charge in [-0.25, -0.2) is 4.98 Å². The summed E-state index contributed by atoms with van der Waals surface area (Å²) in [4.78, 5) is 32.5. The first-order chi connectivity index (χ1) is 12.5. The monoisotopic (exact) mass is 349 g/mol. The van der Waals surface area contributed by atoms with E-state index in [2.05, 4.69) is 10.3 Å². The molecule has 0 saturated carbocycles. The highest BCUT2D eigenvalue weighted by Crippen LogP contribution is 2.31. The van der Waals surface area contributed by atoms with Crippen molar-refractivity contribution in [1.29, 1.82) is 5.26 Å². The molecule has 3 rings (SSSR count). The van der Waals surface area contributed by atoms with Crippen molar-refractivity contribution in [2.24, 2.45) is 0 Å². The number of anilines is 3. The summed E-state index contributed by atoms with van der Waals surface area (Å²) in [7, 11) is 1.79. The van der Waals surface area contributed by atoms with Gasteiger partial charge in [-0.3, -0.25) is 9.59 Å². The number of rotatable bonds is 3. The van der Waals surface area contributed by atoms with Gasteiger partial charge in [0.05, 0.1) is 29.8 Å². The standard InChI is InChI=1S/C19H19N5O2/c1-13-9-18(25)22-16-5-3-4-6-17(16)24(13)19(26)12-23(2)15-8-7-14(10-20)21-11-15/h3-8,11,13H,9,12H2,1-2H3,(H,22,25). The number of fused-ring (bicyclic) bond motifs is 1. The molecule has 1 aromatic carbocycles. The predicted molar refractivity (Wildman–Crippen MR) is 98.9 cm³/mol. The van der Waals surface area contributed by atoms with Crippen LogP contribution in [0.3, 0.4) is 0 Å². The molecule has 1 aliphatic heterocycles. The van der Waals surface area contributed by atoms with E-state index in [1.807, 2.05) is 31.2 Å². The number of para-hydroxylation sites is 2. The predicted octanol–water partition coefficient (Wildman–Crippen LogP) is 2.15. The molecule has 7 heteroatoms. The molecule has 0 fully saturated rings. The SMILES string of the molecule is CC1CC(=O)Nc2ccccc2N1C(=O)CN(C)c1ccc(C#N)nc1. The average Bonchev–Trinajstić information content (AvgIpc) is 2.75. The van der Waals surface area contributed by atoms with Crippen LogP contribution >= 0.6 is 0 Å². The van der Waals surface area contributed by atoms with Crippen LogP contribution in [-0.2, 0) is 9.59 Å². The fourth-order valence-corrected chi connectivity index (χ4v) is 3.02. The van der Waals surface area contributed by atoms with Crippen LogP contribution in [0.5, 0.6) is 0 Å². The Morgan fingerprint density at radius 1 is 1.38 bits per heavy atom. The molecule has 1 aromatic heterocycles. The van der Waals surface area contributed by atoms with Crippen LogP contribution in [0.1, 0.15) is 19.0 Å². The van der Waals surface area contributed by atoms with Gasteiger partial charge < -0.3 is 15.1 Å². The van der Waals surface area contributed by atoms with Gasteiger partial charge in [-0.1, -0.05) is 12.1 Å². The Kier molecular flexibility index (Phi) is 4.85. The number of hydrogen-bond acceptors (Lipinski definition) is 5. The summed E-state index contributed by atoms with van der Waals surface area (Å²) >= 11 is 0. The van der Waals surface area contributed by atoms with E-state index in [1.165, 1.54) is 0 Å².